The van der Waals surface area contributed by atoms with Crippen LogP contribution in [0.2, 0.25) is 0 Å². The summed E-state index contributed by atoms with van der Waals surface area (Å²) < 4.78 is 0. The van der Waals surface area contributed by atoms with Crippen molar-refractivity contribution in [3.8, 4) is 0 Å². The number of Topliss-reactive ketones (excluding diaryl/α,β-unsaturated/α-hetero) is 1. The van der Waals surface area contributed by atoms with Crippen LogP contribution in [0.25, 0.3) is 10.9 Å². The van der Waals surface area contributed by atoms with Crippen LogP contribution >= 0.6 is 0 Å². The second kappa shape index (κ2) is 12.2. The molecule has 1 aromatic heterocycles. The van der Waals surface area contributed by atoms with Gasteiger partial charge in [0.15, 0.2) is 5.78 Å². The molecule has 2 atom stereocenters. The van der Waals surface area contributed by atoms with Gasteiger partial charge in [-0.2, -0.15) is 0 Å². The van der Waals surface area contributed by atoms with Gasteiger partial charge in [-0.15, -0.1) is 0 Å². The highest BCUT2D eigenvalue weighted by molar-refractivity contribution is 6.26. The number of aliphatic carboxylic acids is 1. The van der Waals surface area contributed by atoms with Crippen molar-refractivity contribution in [3.05, 3.63) is 36.0 Å². The molecule has 2 heterocycles. The first kappa shape index (κ1) is 26.0. The molecule has 1 aliphatic rings. The summed E-state index contributed by atoms with van der Waals surface area (Å²) >= 11 is 0. The van der Waals surface area contributed by atoms with Gasteiger partial charge in [0.05, 0.1) is 18.8 Å². The van der Waals surface area contributed by atoms with Gasteiger partial charge in [0.25, 0.3) is 0 Å². The maximum atomic E-state index is 13.2. The number of aromatic nitrogens is 1. The van der Waals surface area contributed by atoms with E-state index >= 15 is 0 Å². The molecule has 0 radical (unpaired) electrons. The highest BCUT2D eigenvalue weighted by atomic mass is 16.4. The predicted molar refractivity (Wildman–Crippen MR) is 130 cm³/mol. The van der Waals surface area contributed by atoms with E-state index in [0.717, 1.165) is 29.6 Å². The van der Waals surface area contributed by atoms with Crippen LogP contribution in [0.4, 0.5) is 0 Å². The van der Waals surface area contributed by atoms with E-state index in [0.29, 0.717) is 19.3 Å². The summed E-state index contributed by atoms with van der Waals surface area (Å²) in [6, 6.07) is 5.47. The average molecular weight is 485 g/mol. The van der Waals surface area contributed by atoms with E-state index in [1.807, 2.05) is 31.3 Å². The van der Waals surface area contributed by atoms with Crippen molar-refractivity contribution < 1.29 is 24.3 Å². The molecule has 1 fully saturated rings. The standard InChI is InChI=1S/C24H32N6O5/c1-29-8-10-30(11-9-29)22(32)15-27-21(12-16-14-26-19-5-3-2-4-18(16)19)23(33)28-20(24(34)35)7-6-17(31)13-25/h2-5,13-14,20-21,25-27H,6-12,15H2,1H3,(H,28,33)(H,34,35)/t20-,21-/m0/s1. The first-order valence-electron chi connectivity index (χ1n) is 11.6. The molecular weight excluding hydrogens is 452 g/mol. The molecule has 188 valence electrons. The predicted octanol–water partition coefficient (Wildman–Crippen LogP) is 0.0109. The fourth-order valence-electron chi connectivity index (χ4n) is 4.04. The van der Waals surface area contributed by atoms with Crippen LogP contribution < -0.4 is 10.6 Å². The topological polar surface area (TPSA) is 159 Å². The monoisotopic (exact) mass is 484 g/mol. The molecule has 1 aromatic carbocycles. The molecule has 2 amide bonds. The van der Waals surface area contributed by atoms with Crippen molar-refractivity contribution in [2.45, 2.75) is 31.3 Å². The number of nitrogens with zero attached hydrogens (tertiary/aromatic N) is 2. The lowest BCUT2D eigenvalue weighted by Gasteiger charge is -2.33. The van der Waals surface area contributed by atoms with Gasteiger partial charge in [0.1, 0.15) is 6.04 Å². The minimum atomic E-state index is -1.29. The van der Waals surface area contributed by atoms with E-state index < -0.39 is 29.7 Å². The molecule has 2 aromatic rings. The number of para-hydroxylation sites is 1. The maximum Gasteiger partial charge on any atom is 0.326 e. The Morgan fingerprint density at radius 1 is 1.14 bits per heavy atom. The first-order chi connectivity index (χ1) is 16.8. The van der Waals surface area contributed by atoms with E-state index in [4.69, 9.17) is 5.41 Å². The average Bonchev–Trinajstić information content (AvgIpc) is 3.26. The minimum Gasteiger partial charge on any atom is -0.480 e. The Bertz CT molecular complexity index is 1080. The Morgan fingerprint density at radius 3 is 2.54 bits per heavy atom. The van der Waals surface area contributed by atoms with E-state index in [-0.39, 0.29) is 31.7 Å². The Labute approximate surface area is 203 Å². The van der Waals surface area contributed by atoms with E-state index in [2.05, 4.69) is 20.5 Å². The highest BCUT2D eigenvalue weighted by Gasteiger charge is 2.28. The van der Waals surface area contributed by atoms with Crippen LogP contribution in [0.5, 0.6) is 0 Å². The Balaban J connectivity index is 1.72. The summed E-state index contributed by atoms with van der Waals surface area (Å²) in [5.41, 5.74) is 1.76. The third kappa shape index (κ3) is 7.20. The Morgan fingerprint density at radius 2 is 1.86 bits per heavy atom. The molecule has 3 rings (SSSR count). The fourth-order valence-corrected chi connectivity index (χ4v) is 4.04. The van der Waals surface area contributed by atoms with Crippen LogP contribution in [-0.4, -0.2) is 102 Å². The Hall–Kier alpha value is -3.57. The van der Waals surface area contributed by atoms with Crippen molar-refractivity contribution in [1.82, 2.24) is 25.4 Å². The molecule has 1 saturated heterocycles. The summed E-state index contributed by atoms with van der Waals surface area (Å²) in [4.78, 5) is 56.1. The number of fused-ring (bicyclic) bond motifs is 1. The van der Waals surface area contributed by atoms with Crippen molar-refractivity contribution in [2.24, 2.45) is 0 Å². The summed E-state index contributed by atoms with van der Waals surface area (Å²) in [6.45, 7) is 2.71. The van der Waals surface area contributed by atoms with Crippen molar-refractivity contribution >= 4 is 40.7 Å². The number of hydrogen-bond donors (Lipinski definition) is 5. The van der Waals surface area contributed by atoms with Crippen molar-refractivity contribution in [1.29, 1.82) is 5.41 Å². The maximum absolute atomic E-state index is 13.2. The normalized spacial score (nSPS) is 16.0. The van der Waals surface area contributed by atoms with Gasteiger partial charge < -0.3 is 30.6 Å². The zero-order valence-corrected chi connectivity index (χ0v) is 19.8. The Kier molecular flexibility index (Phi) is 9.10. The number of amides is 2. The first-order valence-corrected chi connectivity index (χ1v) is 11.6. The fraction of sp³-hybridized carbons (Fsp3) is 0.458. The molecule has 35 heavy (non-hydrogen) atoms. The number of carbonyl (C=O) groups excluding carboxylic acids is 3. The zero-order chi connectivity index (χ0) is 25.4. The number of nitrogens with one attached hydrogen (secondary N) is 4. The number of aromatic amines is 1. The second-order valence-corrected chi connectivity index (χ2v) is 8.73. The number of likely N-dealkylation sites (N-methyl/N-ethyl adjacent to an activating group) is 1. The quantitative estimate of drug-likeness (QED) is 0.265. The number of hydrogen-bond acceptors (Lipinski definition) is 7. The molecule has 0 aliphatic carbocycles. The molecular formula is C24H32N6O5. The van der Waals surface area contributed by atoms with Crippen LogP contribution in [0, 0.1) is 5.41 Å². The van der Waals surface area contributed by atoms with Gasteiger partial charge in [0, 0.05) is 49.7 Å². The molecule has 11 heteroatoms. The molecule has 0 saturated carbocycles. The van der Waals surface area contributed by atoms with Gasteiger partial charge in [-0.05, 0) is 31.5 Å². The lowest BCUT2D eigenvalue weighted by Crippen LogP contribution is -2.54. The summed E-state index contributed by atoms with van der Waals surface area (Å²) in [6.07, 6.45) is 2.37. The van der Waals surface area contributed by atoms with Gasteiger partial charge in [-0.1, -0.05) is 18.2 Å². The summed E-state index contributed by atoms with van der Waals surface area (Å²) in [7, 11) is 2.00. The number of carbonyl (C=O) groups is 4. The summed E-state index contributed by atoms with van der Waals surface area (Å²) in [5.74, 6) is -2.48. The van der Waals surface area contributed by atoms with Crippen molar-refractivity contribution in [2.75, 3.05) is 39.8 Å². The van der Waals surface area contributed by atoms with Gasteiger partial charge in [-0.25, -0.2) is 4.79 Å². The number of rotatable bonds is 12. The summed E-state index contributed by atoms with van der Waals surface area (Å²) in [5, 5.41) is 23.0. The van der Waals surface area contributed by atoms with Gasteiger partial charge in [-0.3, -0.25) is 19.7 Å². The number of carboxylic acids is 1. The van der Waals surface area contributed by atoms with Crippen LogP contribution in [-0.2, 0) is 25.6 Å². The molecule has 1 aliphatic heterocycles. The van der Waals surface area contributed by atoms with E-state index in [1.54, 1.807) is 11.1 Å². The highest BCUT2D eigenvalue weighted by Crippen LogP contribution is 2.19. The van der Waals surface area contributed by atoms with E-state index in [1.165, 1.54) is 0 Å². The number of piperazine rings is 1. The third-order valence-electron chi connectivity index (χ3n) is 6.23. The van der Waals surface area contributed by atoms with Crippen molar-refractivity contribution in [3.63, 3.8) is 0 Å². The van der Waals surface area contributed by atoms with Gasteiger partial charge in [0.2, 0.25) is 11.8 Å². The number of carboxylic acid groups (broad SMARTS) is 1. The second-order valence-electron chi connectivity index (χ2n) is 8.73. The molecule has 11 nitrogen and oxygen atoms in total. The number of benzene rings is 1. The number of H-pyrrole nitrogens is 1. The smallest absolute Gasteiger partial charge is 0.326 e. The molecule has 0 bridgehead atoms. The molecule has 5 N–H and O–H groups in total. The minimum absolute atomic E-state index is 0.0613. The van der Waals surface area contributed by atoms with Crippen LogP contribution in [0.1, 0.15) is 18.4 Å². The van der Waals surface area contributed by atoms with E-state index in [9.17, 15) is 24.3 Å². The van der Waals surface area contributed by atoms with Crippen LogP contribution in [0.3, 0.4) is 0 Å². The lowest BCUT2D eigenvalue weighted by atomic mass is 10.0. The largest absolute Gasteiger partial charge is 0.480 e. The molecule has 0 unspecified atom stereocenters. The molecule has 0 spiro atoms. The van der Waals surface area contributed by atoms with Gasteiger partial charge >= 0.3 is 5.97 Å². The van der Waals surface area contributed by atoms with Crippen LogP contribution in [0.15, 0.2) is 30.5 Å². The SMILES string of the molecule is CN1CCN(C(=O)CN[C@@H](Cc2c[nH]c3ccccc23)C(=O)N[C@@H](CCC(=O)C=N)C(=O)O)CC1. The zero-order valence-electron chi connectivity index (χ0n) is 19.8. The number of ketones is 1. The lowest BCUT2D eigenvalue weighted by molar-refractivity contribution is -0.142. The third-order valence-corrected chi connectivity index (χ3v) is 6.23.